The summed E-state index contributed by atoms with van der Waals surface area (Å²) in [6.45, 7) is 2.59. The van der Waals surface area contributed by atoms with E-state index in [1.54, 1.807) is 12.1 Å². The van der Waals surface area contributed by atoms with Crippen molar-refractivity contribution in [3.63, 3.8) is 0 Å². The quantitative estimate of drug-likeness (QED) is 0.837. The first-order valence-electron chi connectivity index (χ1n) is 5.38. The highest BCUT2D eigenvalue weighted by molar-refractivity contribution is 6.33. The number of hydrogen-bond acceptors (Lipinski definition) is 2. The molecule has 0 atom stereocenters. The van der Waals surface area contributed by atoms with Crippen LogP contribution in [-0.2, 0) is 6.61 Å². The molecule has 2 nitrogen and oxygen atoms in total. The maximum atomic E-state index is 5.92. The number of nitrogens with two attached hydrogens (primary N) is 1. The molecule has 17 heavy (non-hydrogen) atoms. The standard InChI is InChI=1S/C14H14ClNO/c1-10-3-2-4-11(7-10)9-17-12-5-6-14(16)13(15)8-12/h2-8H,9,16H2,1H3. The SMILES string of the molecule is Cc1cccc(COc2ccc(N)c(Cl)c2)c1. The predicted molar refractivity (Wildman–Crippen MR) is 71.4 cm³/mol. The van der Waals surface area contributed by atoms with E-state index in [2.05, 4.69) is 19.1 Å². The minimum Gasteiger partial charge on any atom is -0.489 e. The van der Waals surface area contributed by atoms with Gasteiger partial charge in [0.1, 0.15) is 12.4 Å². The Morgan fingerprint density at radius 1 is 1.18 bits per heavy atom. The second-order valence-corrected chi connectivity index (χ2v) is 4.37. The zero-order valence-electron chi connectivity index (χ0n) is 9.61. The Morgan fingerprint density at radius 3 is 2.71 bits per heavy atom. The number of aryl methyl sites for hydroxylation is 1. The summed E-state index contributed by atoms with van der Waals surface area (Å²) >= 11 is 5.92. The number of ether oxygens (including phenoxy) is 1. The molecule has 0 heterocycles. The van der Waals surface area contributed by atoms with Crippen LogP contribution >= 0.6 is 11.6 Å². The van der Waals surface area contributed by atoms with Gasteiger partial charge in [-0.2, -0.15) is 0 Å². The van der Waals surface area contributed by atoms with Gasteiger partial charge in [0.05, 0.1) is 10.7 Å². The smallest absolute Gasteiger partial charge is 0.121 e. The van der Waals surface area contributed by atoms with Crippen LogP contribution in [0.15, 0.2) is 42.5 Å². The Balaban J connectivity index is 2.05. The lowest BCUT2D eigenvalue weighted by molar-refractivity contribution is 0.306. The van der Waals surface area contributed by atoms with Crippen molar-refractivity contribution in [1.29, 1.82) is 0 Å². The number of nitrogen functional groups attached to an aromatic ring is 1. The summed E-state index contributed by atoms with van der Waals surface area (Å²) in [4.78, 5) is 0. The first-order valence-corrected chi connectivity index (χ1v) is 5.76. The summed E-state index contributed by atoms with van der Waals surface area (Å²) in [6, 6.07) is 13.5. The fourth-order valence-corrected chi connectivity index (χ4v) is 1.74. The molecule has 2 rings (SSSR count). The zero-order valence-corrected chi connectivity index (χ0v) is 10.4. The molecule has 0 aliphatic rings. The topological polar surface area (TPSA) is 35.2 Å². The number of benzene rings is 2. The molecule has 3 heteroatoms. The maximum Gasteiger partial charge on any atom is 0.121 e. The minimum atomic E-state index is 0.520. The van der Waals surface area contributed by atoms with Crippen LogP contribution in [0.5, 0.6) is 5.75 Å². The Bertz CT molecular complexity index is 525. The highest BCUT2D eigenvalue weighted by atomic mass is 35.5. The molecule has 0 saturated carbocycles. The Labute approximate surface area is 106 Å². The van der Waals surface area contributed by atoms with Crippen LogP contribution in [0.1, 0.15) is 11.1 Å². The van der Waals surface area contributed by atoms with Crippen LogP contribution in [0.25, 0.3) is 0 Å². The van der Waals surface area contributed by atoms with E-state index in [1.165, 1.54) is 5.56 Å². The average molecular weight is 248 g/mol. The maximum absolute atomic E-state index is 5.92. The summed E-state index contributed by atoms with van der Waals surface area (Å²) in [5.74, 6) is 0.728. The van der Waals surface area contributed by atoms with Gasteiger partial charge >= 0.3 is 0 Å². The fraction of sp³-hybridized carbons (Fsp3) is 0.143. The molecular formula is C14H14ClNO. The van der Waals surface area contributed by atoms with E-state index < -0.39 is 0 Å². The third-order valence-electron chi connectivity index (χ3n) is 2.46. The highest BCUT2D eigenvalue weighted by Crippen LogP contribution is 2.24. The summed E-state index contributed by atoms with van der Waals surface area (Å²) in [7, 11) is 0. The van der Waals surface area contributed by atoms with Gasteiger partial charge in [0, 0.05) is 6.07 Å². The lowest BCUT2D eigenvalue weighted by Gasteiger charge is -2.08. The van der Waals surface area contributed by atoms with E-state index in [4.69, 9.17) is 22.1 Å². The van der Waals surface area contributed by atoms with Crippen LogP contribution in [0.3, 0.4) is 0 Å². The van der Waals surface area contributed by atoms with Gasteiger partial charge < -0.3 is 10.5 Å². The van der Waals surface area contributed by atoms with Gasteiger partial charge in [0.2, 0.25) is 0 Å². The fourth-order valence-electron chi connectivity index (χ4n) is 1.57. The normalized spacial score (nSPS) is 10.2. The van der Waals surface area contributed by atoms with Crippen LogP contribution in [0.4, 0.5) is 5.69 Å². The summed E-state index contributed by atoms with van der Waals surface area (Å²) in [5, 5.41) is 0.520. The molecule has 0 saturated heterocycles. The van der Waals surface area contributed by atoms with Crippen LogP contribution in [0, 0.1) is 6.92 Å². The molecule has 88 valence electrons. The third kappa shape index (κ3) is 3.14. The van der Waals surface area contributed by atoms with E-state index >= 15 is 0 Å². The van der Waals surface area contributed by atoms with Gasteiger partial charge in [-0.25, -0.2) is 0 Å². The van der Waals surface area contributed by atoms with Crippen molar-refractivity contribution in [2.75, 3.05) is 5.73 Å². The van der Waals surface area contributed by atoms with Gasteiger partial charge in [-0.3, -0.25) is 0 Å². The first kappa shape index (κ1) is 11.8. The number of hydrogen-bond donors (Lipinski definition) is 1. The molecule has 0 fully saturated rings. The Hall–Kier alpha value is -1.67. The van der Waals surface area contributed by atoms with Crippen molar-refractivity contribution in [1.82, 2.24) is 0 Å². The molecule has 0 aromatic heterocycles. The molecule has 0 radical (unpaired) electrons. The van der Waals surface area contributed by atoms with Crippen molar-refractivity contribution in [3.05, 3.63) is 58.6 Å². The number of anilines is 1. The van der Waals surface area contributed by atoms with Crippen LogP contribution in [-0.4, -0.2) is 0 Å². The molecule has 2 N–H and O–H groups in total. The van der Waals surface area contributed by atoms with Gasteiger partial charge in [0.15, 0.2) is 0 Å². The molecular weight excluding hydrogens is 234 g/mol. The lowest BCUT2D eigenvalue weighted by Crippen LogP contribution is -1.96. The predicted octanol–water partition coefficient (Wildman–Crippen LogP) is 3.81. The van der Waals surface area contributed by atoms with Gasteiger partial charge in [-0.05, 0) is 24.6 Å². The van der Waals surface area contributed by atoms with E-state index in [9.17, 15) is 0 Å². The van der Waals surface area contributed by atoms with E-state index in [1.807, 2.05) is 18.2 Å². The van der Waals surface area contributed by atoms with Gasteiger partial charge in [0.25, 0.3) is 0 Å². The van der Waals surface area contributed by atoms with Crippen LogP contribution in [0.2, 0.25) is 5.02 Å². The molecule has 0 bridgehead atoms. The Morgan fingerprint density at radius 2 is 2.00 bits per heavy atom. The number of rotatable bonds is 3. The Kier molecular flexibility index (Phi) is 3.55. The van der Waals surface area contributed by atoms with Crippen molar-refractivity contribution >= 4 is 17.3 Å². The van der Waals surface area contributed by atoms with Crippen molar-refractivity contribution in [2.24, 2.45) is 0 Å². The second-order valence-electron chi connectivity index (χ2n) is 3.96. The van der Waals surface area contributed by atoms with E-state index in [-0.39, 0.29) is 0 Å². The highest BCUT2D eigenvalue weighted by Gasteiger charge is 2.00. The lowest BCUT2D eigenvalue weighted by atomic mass is 10.1. The summed E-state index contributed by atoms with van der Waals surface area (Å²) in [5.41, 5.74) is 8.55. The first-order chi connectivity index (χ1) is 8.15. The largest absolute Gasteiger partial charge is 0.489 e. The monoisotopic (exact) mass is 247 g/mol. The van der Waals surface area contributed by atoms with Crippen molar-refractivity contribution < 1.29 is 4.74 Å². The number of halogens is 1. The molecule has 0 spiro atoms. The molecule has 0 amide bonds. The molecule has 2 aromatic carbocycles. The molecule has 0 aliphatic carbocycles. The molecule has 0 aliphatic heterocycles. The van der Waals surface area contributed by atoms with Gasteiger partial charge in [-0.1, -0.05) is 41.4 Å². The molecule has 2 aromatic rings. The average Bonchev–Trinajstić information content (AvgIpc) is 2.31. The second kappa shape index (κ2) is 5.11. The van der Waals surface area contributed by atoms with Crippen molar-refractivity contribution in [2.45, 2.75) is 13.5 Å². The molecule has 0 unspecified atom stereocenters. The summed E-state index contributed by atoms with van der Waals surface area (Å²) in [6.07, 6.45) is 0. The third-order valence-corrected chi connectivity index (χ3v) is 2.79. The van der Waals surface area contributed by atoms with Gasteiger partial charge in [-0.15, -0.1) is 0 Å². The summed E-state index contributed by atoms with van der Waals surface area (Å²) < 4.78 is 5.64. The van der Waals surface area contributed by atoms with E-state index in [0.29, 0.717) is 17.3 Å². The minimum absolute atomic E-state index is 0.520. The van der Waals surface area contributed by atoms with Crippen molar-refractivity contribution in [3.8, 4) is 5.75 Å². The van der Waals surface area contributed by atoms with Crippen LogP contribution < -0.4 is 10.5 Å². The van der Waals surface area contributed by atoms with E-state index in [0.717, 1.165) is 11.3 Å². The zero-order chi connectivity index (χ0) is 12.3.